The quantitative estimate of drug-likeness (QED) is 0.162. The van der Waals surface area contributed by atoms with Gasteiger partial charge in [-0.15, -0.1) is 0 Å². The van der Waals surface area contributed by atoms with Crippen molar-refractivity contribution in [3.8, 4) is 50.2 Å². The minimum atomic E-state index is -0.226. The van der Waals surface area contributed by atoms with Crippen LogP contribution in [0.25, 0.3) is 72.0 Å². The molecule has 0 aliphatic heterocycles. The smallest absolute Gasteiger partial charge is 0.0541 e. The molecule has 1 heterocycles. The van der Waals surface area contributed by atoms with Crippen molar-refractivity contribution in [1.29, 1.82) is 0 Å². The third kappa shape index (κ3) is 6.01. The molecule has 0 amide bonds. The molecule has 10 aromatic rings. The Balaban J connectivity index is 0.982. The largest absolute Gasteiger partial charge is 0.310 e. The predicted molar refractivity (Wildman–Crippen MR) is 280 cm³/mol. The number of benzene rings is 9. The lowest BCUT2D eigenvalue weighted by atomic mass is 9.73. The van der Waals surface area contributed by atoms with Gasteiger partial charge >= 0.3 is 0 Å². The Morgan fingerprint density at radius 3 is 1.53 bits per heavy atom. The van der Waals surface area contributed by atoms with Gasteiger partial charge in [-0.3, -0.25) is 0 Å². The Morgan fingerprint density at radius 2 is 0.894 bits per heavy atom. The van der Waals surface area contributed by atoms with Crippen molar-refractivity contribution in [2.75, 3.05) is 4.90 Å². The Hall–Kier alpha value is -7.42. The van der Waals surface area contributed by atoms with E-state index in [4.69, 9.17) is 0 Å². The van der Waals surface area contributed by atoms with Crippen molar-refractivity contribution in [2.24, 2.45) is 0 Å². The van der Waals surface area contributed by atoms with E-state index in [2.05, 4.69) is 258 Å². The van der Waals surface area contributed by atoms with Crippen LogP contribution in [-0.4, -0.2) is 4.57 Å². The van der Waals surface area contributed by atoms with Gasteiger partial charge in [0.2, 0.25) is 0 Å². The molecule has 0 saturated heterocycles. The summed E-state index contributed by atoms with van der Waals surface area (Å²) >= 11 is 0. The van der Waals surface area contributed by atoms with Crippen LogP contribution in [0.4, 0.5) is 17.1 Å². The summed E-state index contributed by atoms with van der Waals surface area (Å²) in [6.07, 6.45) is 0. The van der Waals surface area contributed by atoms with Crippen molar-refractivity contribution in [3.63, 3.8) is 0 Å². The van der Waals surface area contributed by atoms with E-state index < -0.39 is 0 Å². The van der Waals surface area contributed by atoms with Crippen LogP contribution >= 0.6 is 0 Å². The topological polar surface area (TPSA) is 8.17 Å². The lowest BCUT2D eigenvalue weighted by molar-refractivity contribution is 0.557. The van der Waals surface area contributed by atoms with Gasteiger partial charge in [0.15, 0.2) is 0 Å². The van der Waals surface area contributed by atoms with Gasteiger partial charge in [-0.25, -0.2) is 0 Å². The molecule has 0 saturated carbocycles. The van der Waals surface area contributed by atoms with Crippen molar-refractivity contribution < 1.29 is 0 Å². The molecule has 0 fully saturated rings. The molecule has 0 spiro atoms. The maximum Gasteiger partial charge on any atom is 0.0541 e. The van der Waals surface area contributed by atoms with Crippen LogP contribution in [0.5, 0.6) is 0 Å². The van der Waals surface area contributed by atoms with Gasteiger partial charge < -0.3 is 9.47 Å². The van der Waals surface area contributed by atoms with Gasteiger partial charge in [0.05, 0.1) is 11.0 Å². The molecule has 0 bridgehead atoms. The standard InChI is InChI=1S/C64H54N2/c1-62(2,3)55-38-37-48(43-17-9-8-10-18-43)60-53-36-34-47(40-57(53)64(6,7)61(55)60)65(46-33-35-50-49-19-11-14-22-54(49)63(4,5)56(50)39-46)44-29-25-41(26-30-44)42-27-31-45(32-28-42)66-58-23-15-12-20-51(58)52-21-13-16-24-59(52)66/h8-40H,1-7H3. The Kier molecular flexibility index (Phi) is 8.84. The zero-order chi connectivity index (χ0) is 45.1. The molecule has 0 unspecified atom stereocenters. The molecule has 12 rings (SSSR count). The molecule has 2 aliphatic carbocycles. The first-order chi connectivity index (χ1) is 31.9. The number of nitrogens with zero attached hydrogens (tertiary/aromatic N) is 2. The third-order valence-corrected chi connectivity index (χ3v) is 14.9. The van der Waals surface area contributed by atoms with Gasteiger partial charge in [0.1, 0.15) is 0 Å². The van der Waals surface area contributed by atoms with Crippen LogP contribution in [0.2, 0.25) is 0 Å². The zero-order valence-corrected chi connectivity index (χ0v) is 38.9. The first-order valence-corrected chi connectivity index (χ1v) is 23.5. The molecule has 2 nitrogen and oxygen atoms in total. The maximum atomic E-state index is 2.49. The second-order valence-electron chi connectivity index (χ2n) is 20.6. The highest BCUT2D eigenvalue weighted by atomic mass is 15.1. The fourth-order valence-electron chi connectivity index (χ4n) is 11.6. The average Bonchev–Trinajstić information content (AvgIpc) is 3.88. The van der Waals surface area contributed by atoms with Crippen molar-refractivity contribution in [3.05, 3.63) is 228 Å². The van der Waals surface area contributed by atoms with Crippen molar-refractivity contribution in [1.82, 2.24) is 4.57 Å². The normalized spacial score (nSPS) is 14.2. The fraction of sp³-hybridized carbons (Fsp3) is 0.156. The van der Waals surface area contributed by atoms with Gasteiger partial charge in [-0.2, -0.15) is 0 Å². The summed E-state index contributed by atoms with van der Waals surface area (Å²) in [7, 11) is 0. The van der Waals surface area contributed by atoms with E-state index in [1.54, 1.807) is 0 Å². The summed E-state index contributed by atoms with van der Waals surface area (Å²) in [6, 6.07) is 74.7. The molecule has 320 valence electrons. The molecule has 2 aliphatic rings. The van der Waals surface area contributed by atoms with Crippen LogP contribution in [-0.2, 0) is 16.2 Å². The van der Waals surface area contributed by atoms with Gasteiger partial charge in [-0.1, -0.05) is 188 Å². The number of hydrogen-bond donors (Lipinski definition) is 0. The molecule has 1 aromatic heterocycles. The van der Waals surface area contributed by atoms with E-state index >= 15 is 0 Å². The lowest BCUT2D eigenvalue weighted by Crippen LogP contribution is -2.23. The Morgan fingerprint density at radius 1 is 0.394 bits per heavy atom. The van der Waals surface area contributed by atoms with E-state index in [0.29, 0.717) is 0 Å². The number of anilines is 3. The highest BCUT2D eigenvalue weighted by Gasteiger charge is 2.42. The molecule has 9 aromatic carbocycles. The number of aromatic nitrogens is 1. The molecular weight excluding hydrogens is 797 g/mol. The molecule has 0 atom stereocenters. The highest BCUT2D eigenvalue weighted by Crippen LogP contribution is 2.57. The molecular formula is C64H54N2. The summed E-state index contributed by atoms with van der Waals surface area (Å²) in [4.78, 5) is 2.48. The highest BCUT2D eigenvalue weighted by molar-refractivity contribution is 6.09. The lowest BCUT2D eigenvalue weighted by Gasteiger charge is -2.32. The maximum absolute atomic E-state index is 2.49. The van der Waals surface area contributed by atoms with E-state index in [1.807, 2.05) is 0 Å². The van der Waals surface area contributed by atoms with E-state index in [0.717, 1.165) is 22.7 Å². The first kappa shape index (κ1) is 40.1. The second-order valence-corrected chi connectivity index (χ2v) is 20.6. The van der Waals surface area contributed by atoms with Gasteiger partial charge in [-0.05, 0) is 138 Å². The van der Waals surface area contributed by atoms with Crippen LogP contribution in [0.15, 0.2) is 200 Å². The molecule has 2 heteroatoms. The Bertz CT molecular complexity index is 3490. The second kappa shape index (κ2) is 14.5. The van der Waals surface area contributed by atoms with Gasteiger partial charge in [0.25, 0.3) is 0 Å². The first-order valence-electron chi connectivity index (χ1n) is 23.5. The van der Waals surface area contributed by atoms with E-state index in [9.17, 15) is 0 Å². The van der Waals surface area contributed by atoms with Crippen LogP contribution in [0.3, 0.4) is 0 Å². The summed E-state index contributed by atoms with van der Waals surface area (Å²) in [6.45, 7) is 16.7. The minimum Gasteiger partial charge on any atom is -0.310 e. The molecule has 66 heavy (non-hydrogen) atoms. The number of hydrogen-bond acceptors (Lipinski definition) is 1. The number of rotatable bonds is 6. The third-order valence-electron chi connectivity index (χ3n) is 14.9. The van der Waals surface area contributed by atoms with Crippen molar-refractivity contribution in [2.45, 2.75) is 64.7 Å². The van der Waals surface area contributed by atoms with Crippen LogP contribution in [0.1, 0.15) is 76.3 Å². The van der Waals surface area contributed by atoms with Gasteiger partial charge in [0, 0.05) is 44.4 Å². The minimum absolute atomic E-state index is 0.0185. The van der Waals surface area contributed by atoms with E-state index in [1.165, 1.54) is 94.1 Å². The van der Waals surface area contributed by atoms with Crippen LogP contribution < -0.4 is 4.90 Å². The summed E-state index contributed by atoms with van der Waals surface area (Å²) in [5.74, 6) is 0. The monoisotopic (exact) mass is 850 g/mol. The Labute approximate surface area is 389 Å². The van der Waals surface area contributed by atoms with Crippen LogP contribution in [0, 0.1) is 0 Å². The van der Waals surface area contributed by atoms with Crippen molar-refractivity contribution >= 4 is 38.9 Å². The molecule has 0 N–H and O–H groups in total. The molecule has 0 radical (unpaired) electrons. The SMILES string of the molecule is CC(C)(C)c1ccc(-c2ccccc2)c2c1C(C)(C)c1cc(N(c3ccc(-c4ccc(-n5c6ccccc6c6ccccc65)cc4)cc3)c3ccc4c(c3)C(C)(C)c3ccccc3-4)ccc1-2. The summed E-state index contributed by atoms with van der Waals surface area (Å²) in [5.41, 5.74) is 24.0. The summed E-state index contributed by atoms with van der Waals surface area (Å²) in [5, 5.41) is 2.55. The average molecular weight is 851 g/mol. The number of fused-ring (bicyclic) bond motifs is 9. The summed E-state index contributed by atoms with van der Waals surface area (Å²) < 4.78 is 2.38. The zero-order valence-electron chi connectivity index (χ0n) is 38.9. The fourth-order valence-corrected chi connectivity index (χ4v) is 11.6. The number of para-hydroxylation sites is 2. The van der Waals surface area contributed by atoms with E-state index in [-0.39, 0.29) is 16.2 Å². The predicted octanol–water partition coefficient (Wildman–Crippen LogP) is 17.5.